The zero-order valence-electron chi connectivity index (χ0n) is 20.0. The smallest absolute Gasteiger partial charge is 0.312 e. The summed E-state index contributed by atoms with van der Waals surface area (Å²) in [6.45, 7) is 3.96. The molecule has 33 heavy (non-hydrogen) atoms. The summed E-state index contributed by atoms with van der Waals surface area (Å²) in [6, 6.07) is 5.80. The predicted molar refractivity (Wildman–Crippen MR) is 125 cm³/mol. The number of methoxy groups -OCH3 is 1. The molecule has 0 saturated heterocycles. The van der Waals surface area contributed by atoms with Gasteiger partial charge in [0.05, 0.1) is 12.0 Å². The Kier molecular flexibility index (Phi) is 7.07. The zero-order chi connectivity index (χ0) is 23.6. The molecule has 4 aliphatic rings. The van der Waals surface area contributed by atoms with E-state index >= 15 is 0 Å². The number of carbonyl (C=O) groups excluding carboxylic acids is 3. The summed E-state index contributed by atoms with van der Waals surface area (Å²) in [5, 5.41) is 2.91. The molecule has 4 saturated carbocycles. The van der Waals surface area contributed by atoms with Gasteiger partial charge in [0.2, 0.25) is 5.91 Å². The Morgan fingerprint density at radius 1 is 1.03 bits per heavy atom. The van der Waals surface area contributed by atoms with E-state index in [-0.39, 0.29) is 37.5 Å². The molecule has 1 N–H and O–H groups in total. The number of ether oxygens (including phenoxy) is 2. The highest BCUT2D eigenvalue weighted by Crippen LogP contribution is 2.60. The Labute approximate surface area is 196 Å². The maximum atomic E-state index is 13.1. The first-order valence-corrected chi connectivity index (χ1v) is 12.1. The van der Waals surface area contributed by atoms with Gasteiger partial charge in [-0.15, -0.1) is 0 Å². The average Bonchev–Trinajstić information content (AvgIpc) is 2.76. The number of para-hydroxylation sites is 1. The molecule has 7 heteroatoms. The van der Waals surface area contributed by atoms with Crippen molar-refractivity contribution in [1.82, 2.24) is 4.90 Å². The lowest BCUT2D eigenvalue weighted by Gasteiger charge is -2.55. The van der Waals surface area contributed by atoms with E-state index in [4.69, 9.17) is 9.47 Å². The molecule has 180 valence electrons. The number of esters is 1. The van der Waals surface area contributed by atoms with Gasteiger partial charge in [0, 0.05) is 19.3 Å². The predicted octanol–water partition coefficient (Wildman–Crippen LogP) is 3.48. The largest absolute Gasteiger partial charge is 0.455 e. The highest BCUT2D eigenvalue weighted by atomic mass is 16.5. The standard InChI is InChI=1S/C26H36N2O5/c1-17-5-4-6-18(2)24(17)27-22(29)15-28(7-8-32-3)23(30)16-33-25(31)26-12-19-9-20(13-26)11-21(10-19)14-26/h4-6,19-21H,7-16H2,1-3H3,(H,27,29). The van der Waals surface area contributed by atoms with E-state index in [0.717, 1.165) is 36.1 Å². The zero-order valence-corrected chi connectivity index (χ0v) is 20.0. The molecular weight excluding hydrogens is 420 g/mol. The normalized spacial score (nSPS) is 27.3. The van der Waals surface area contributed by atoms with Crippen LogP contribution in [0.4, 0.5) is 5.69 Å². The third-order valence-electron chi connectivity index (χ3n) is 7.80. The summed E-state index contributed by atoms with van der Waals surface area (Å²) in [5.41, 5.74) is 2.28. The molecule has 1 aromatic rings. The van der Waals surface area contributed by atoms with Crippen LogP contribution in [0.25, 0.3) is 0 Å². The fraction of sp³-hybridized carbons (Fsp3) is 0.654. The van der Waals surface area contributed by atoms with Gasteiger partial charge in [-0.05, 0) is 81.3 Å². The Morgan fingerprint density at radius 3 is 2.15 bits per heavy atom. The number of hydrogen-bond acceptors (Lipinski definition) is 5. The van der Waals surface area contributed by atoms with E-state index < -0.39 is 5.41 Å². The molecule has 0 aliphatic heterocycles. The molecule has 0 spiro atoms. The minimum atomic E-state index is -0.397. The molecule has 2 amide bonds. The van der Waals surface area contributed by atoms with E-state index in [1.165, 1.54) is 24.2 Å². The number of benzene rings is 1. The van der Waals surface area contributed by atoms with Crippen molar-refractivity contribution in [3.8, 4) is 0 Å². The fourth-order valence-electron chi connectivity index (χ4n) is 6.59. The molecule has 0 radical (unpaired) electrons. The van der Waals surface area contributed by atoms with E-state index in [0.29, 0.717) is 24.4 Å². The third-order valence-corrected chi connectivity index (χ3v) is 7.80. The van der Waals surface area contributed by atoms with E-state index in [1.54, 1.807) is 7.11 Å². The molecule has 0 heterocycles. The van der Waals surface area contributed by atoms with Gasteiger partial charge in [0.15, 0.2) is 6.61 Å². The van der Waals surface area contributed by atoms with Crippen LogP contribution in [-0.2, 0) is 23.9 Å². The molecule has 5 rings (SSSR count). The minimum Gasteiger partial charge on any atom is -0.455 e. The van der Waals surface area contributed by atoms with E-state index in [1.807, 2.05) is 32.0 Å². The van der Waals surface area contributed by atoms with Crippen LogP contribution in [0.2, 0.25) is 0 Å². The quantitative estimate of drug-likeness (QED) is 0.575. The number of amides is 2. The van der Waals surface area contributed by atoms with Gasteiger partial charge >= 0.3 is 5.97 Å². The summed E-state index contributed by atoms with van der Waals surface area (Å²) in [6.07, 6.45) is 6.43. The first kappa shape index (κ1) is 23.7. The lowest BCUT2D eigenvalue weighted by molar-refractivity contribution is -0.174. The van der Waals surface area contributed by atoms with E-state index in [9.17, 15) is 14.4 Å². The van der Waals surface area contributed by atoms with E-state index in [2.05, 4.69) is 5.32 Å². The number of hydrogen-bond donors (Lipinski definition) is 1. The topological polar surface area (TPSA) is 84.9 Å². The van der Waals surface area contributed by atoms with Crippen molar-refractivity contribution in [3.05, 3.63) is 29.3 Å². The second-order valence-electron chi connectivity index (χ2n) is 10.4. The first-order valence-electron chi connectivity index (χ1n) is 12.1. The molecule has 7 nitrogen and oxygen atoms in total. The highest BCUT2D eigenvalue weighted by molar-refractivity contribution is 5.96. The van der Waals surface area contributed by atoms with Crippen molar-refractivity contribution in [2.24, 2.45) is 23.2 Å². The Morgan fingerprint density at radius 2 is 1.61 bits per heavy atom. The number of nitrogens with zero attached hydrogens (tertiary/aromatic N) is 1. The number of anilines is 1. The number of nitrogens with one attached hydrogen (secondary N) is 1. The van der Waals surface area contributed by atoms with Gasteiger partial charge in [0.25, 0.3) is 5.91 Å². The summed E-state index contributed by atoms with van der Waals surface area (Å²) >= 11 is 0. The Hall–Kier alpha value is -2.41. The van der Waals surface area contributed by atoms with Crippen LogP contribution in [-0.4, -0.2) is 56.1 Å². The number of aryl methyl sites for hydroxylation is 2. The van der Waals surface area contributed by atoms with Crippen LogP contribution in [0, 0.1) is 37.0 Å². The van der Waals surface area contributed by atoms with Gasteiger partial charge in [-0.1, -0.05) is 18.2 Å². The highest BCUT2D eigenvalue weighted by Gasteiger charge is 2.55. The van der Waals surface area contributed by atoms with Crippen molar-refractivity contribution in [2.75, 3.05) is 38.7 Å². The van der Waals surface area contributed by atoms with Crippen molar-refractivity contribution in [2.45, 2.75) is 52.4 Å². The second-order valence-corrected chi connectivity index (χ2v) is 10.4. The SMILES string of the molecule is COCCN(CC(=O)Nc1c(C)cccc1C)C(=O)COC(=O)C12CC3CC(CC(C3)C1)C2. The molecule has 0 atom stereocenters. The van der Waals surface area contributed by atoms with Crippen LogP contribution >= 0.6 is 0 Å². The molecule has 4 bridgehead atoms. The Balaban J connectivity index is 1.34. The van der Waals surface area contributed by atoms with Crippen LogP contribution < -0.4 is 5.32 Å². The lowest BCUT2D eigenvalue weighted by Crippen LogP contribution is -2.51. The lowest BCUT2D eigenvalue weighted by atomic mass is 9.49. The molecule has 4 aliphatic carbocycles. The maximum Gasteiger partial charge on any atom is 0.312 e. The van der Waals surface area contributed by atoms with Gasteiger partial charge in [-0.25, -0.2) is 0 Å². The summed E-state index contributed by atoms with van der Waals surface area (Å²) in [4.78, 5) is 40.1. The Bertz CT molecular complexity index is 856. The fourth-order valence-corrected chi connectivity index (χ4v) is 6.59. The van der Waals surface area contributed by atoms with Gasteiger partial charge in [-0.2, -0.15) is 0 Å². The monoisotopic (exact) mass is 456 g/mol. The van der Waals surface area contributed by atoms with Crippen molar-refractivity contribution in [1.29, 1.82) is 0 Å². The van der Waals surface area contributed by atoms with Crippen molar-refractivity contribution < 1.29 is 23.9 Å². The molecule has 0 unspecified atom stereocenters. The maximum absolute atomic E-state index is 13.1. The van der Waals surface area contributed by atoms with Crippen LogP contribution in [0.3, 0.4) is 0 Å². The van der Waals surface area contributed by atoms with Gasteiger partial charge in [0.1, 0.15) is 6.54 Å². The average molecular weight is 457 g/mol. The van der Waals surface area contributed by atoms with Crippen LogP contribution in [0.5, 0.6) is 0 Å². The number of rotatable bonds is 9. The van der Waals surface area contributed by atoms with Crippen LogP contribution in [0.1, 0.15) is 49.7 Å². The molecule has 0 aromatic heterocycles. The summed E-state index contributed by atoms with van der Waals surface area (Å²) in [7, 11) is 1.55. The van der Waals surface area contributed by atoms with Crippen molar-refractivity contribution >= 4 is 23.5 Å². The third kappa shape index (κ3) is 5.24. The minimum absolute atomic E-state index is 0.120. The first-order chi connectivity index (χ1) is 15.8. The van der Waals surface area contributed by atoms with Crippen molar-refractivity contribution in [3.63, 3.8) is 0 Å². The molecular formula is C26H36N2O5. The van der Waals surface area contributed by atoms with Gasteiger partial charge in [-0.3, -0.25) is 14.4 Å². The summed E-state index contributed by atoms with van der Waals surface area (Å²) < 4.78 is 10.7. The molecule has 1 aromatic carbocycles. The molecule has 4 fully saturated rings. The van der Waals surface area contributed by atoms with Gasteiger partial charge < -0.3 is 19.7 Å². The summed E-state index contributed by atoms with van der Waals surface area (Å²) in [5.74, 6) is 1.01. The van der Waals surface area contributed by atoms with Crippen LogP contribution in [0.15, 0.2) is 18.2 Å². The second kappa shape index (κ2) is 9.84. The number of carbonyl (C=O) groups is 3.